The normalized spacial score (nSPS) is 14.0. The molecule has 0 aliphatic heterocycles. The summed E-state index contributed by atoms with van der Waals surface area (Å²) >= 11 is 12.7. The van der Waals surface area contributed by atoms with E-state index in [0.29, 0.717) is 58.8 Å². The van der Waals surface area contributed by atoms with Crippen LogP contribution >= 0.6 is 23.2 Å². The first kappa shape index (κ1) is 31.7. The predicted octanol–water partition coefficient (Wildman–Crippen LogP) is 7.11. The number of sulfonamides is 1. The Morgan fingerprint density at radius 1 is 1.09 bits per heavy atom. The molecule has 3 heterocycles. The van der Waals surface area contributed by atoms with Gasteiger partial charge in [-0.1, -0.05) is 45.7 Å². The maximum absolute atomic E-state index is 13.5. The number of aryl methyl sites for hydroxylation is 1. The highest BCUT2D eigenvalue weighted by molar-refractivity contribution is 7.89. The monoisotopic (exact) mass is 669 g/mol. The molecular formula is C28H24Cl2F3N5O5S. The lowest BCUT2D eigenvalue weighted by atomic mass is 10.0. The minimum atomic E-state index is -4.81. The number of hydrogen-bond donors (Lipinski definition) is 1. The summed E-state index contributed by atoms with van der Waals surface area (Å²) in [7, 11) is -4.00. The molecule has 16 heteroatoms. The highest BCUT2D eigenvalue weighted by Gasteiger charge is 2.34. The van der Waals surface area contributed by atoms with Gasteiger partial charge in [0.05, 0.1) is 21.9 Å². The number of hydrogen-bond acceptors (Lipinski definition) is 9. The Kier molecular flexibility index (Phi) is 9.14. The van der Waals surface area contributed by atoms with Crippen LogP contribution in [-0.4, -0.2) is 40.9 Å². The van der Waals surface area contributed by atoms with E-state index >= 15 is 0 Å². The largest absolute Gasteiger partial charge is 0.416 e. The molecule has 0 unspecified atom stereocenters. The molecule has 1 fully saturated rings. The summed E-state index contributed by atoms with van der Waals surface area (Å²) in [5, 5.41) is 8.72. The number of amides is 1. The molecule has 1 N–H and O–H groups in total. The standard InChI is InChI=1S/C28H24Cl2F3N5O5S/c1-44(40,41)38-27(39)17-10-16(11-18(12-17)28(31,32)33)26-35-22(42-37-26)7-5-3-2-4-6-19-24(36-43-25(19)15-8-9-15)23-20(29)13-34-14-21(23)30/h4,6,10-15H,2-3,5,7-9H2,1H3,(H,38,39)/b6-4+. The van der Waals surface area contributed by atoms with Crippen molar-refractivity contribution >= 4 is 45.2 Å². The summed E-state index contributed by atoms with van der Waals surface area (Å²) in [5.74, 6) is -0.108. The molecular weight excluding hydrogens is 646 g/mol. The van der Waals surface area contributed by atoms with Crippen molar-refractivity contribution in [1.29, 1.82) is 0 Å². The van der Waals surface area contributed by atoms with E-state index in [1.54, 1.807) is 4.72 Å². The molecule has 1 amide bonds. The number of aromatic nitrogens is 4. The number of halogens is 5. The second-order valence-corrected chi connectivity index (χ2v) is 12.8. The summed E-state index contributed by atoms with van der Waals surface area (Å²) in [6.07, 6.45) is 7.22. The Labute approximate surface area is 259 Å². The zero-order valence-corrected chi connectivity index (χ0v) is 25.3. The van der Waals surface area contributed by atoms with E-state index in [1.807, 2.05) is 12.2 Å². The molecule has 0 atom stereocenters. The van der Waals surface area contributed by atoms with E-state index in [9.17, 15) is 26.4 Å². The Bertz CT molecular complexity index is 1810. The molecule has 232 valence electrons. The molecule has 3 aromatic heterocycles. The predicted molar refractivity (Wildman–Crippen MR) is 155 cm³/mol. The SMILES string of the molecule is CS(=O)(=O)NC(=O)c1cc(-c2noc(CCCC/C=C/c3c(-c4c(Cl)cncc4Cl)noc3C3CC3)n2)cc(C(F)(F)F)c1. The molecule has 0 bridgehead atoms. The van der Waals surface area contributed by atoms with Crippen LogP contribution in [0.15, 0.2) is 45.7 Å². The van der Waals surface area contributed by atoms with Crippen LogP contribution in [0.2, 0.25) is 10.0 Å². The Morgan fingerprint density at radius 3 is 2.48 bits per heavy atom. The van der Waals surface area contributed by atoms with Crippen LogP contribution in [0.4, 0.5) is 13.2 Å². The fourth-order valence-electron chi connectivity index (χ4n) is 4.42. The number of alkyl halides is 3. The fourth-order valence-corrected chi connectivity index (χ4v) is 5.42. The number of unbranched alkanes of at least 4 members (excludes halogenated alkanes) is 2. The van der Waals surface area contributed by atoms with Gasteiger partial charge >= 0.3 is 6.18 Å². The van der Waals surface area contributed by atoms with Crippen molar-refractivity contribution < 1.29 is 35.4 Å². The van der Waals surface area contributed by atoms with E-state index in [0.717, 1.165) is 42.7 Å². The highest BCUT2D eigenvalue weighted by atomic mass is 35.5. The Balaban J connectivity index is 1.24. The summed E-state index contributed by atoms with van der Waals surface area (Å²) in [5.41, 5.74) is 0.0746. The molecule has 5 rings (SSSR count). The maximum atomic E-state index is 13.5. The van der Waals surface area contributed by atoms with E-state index in [1.165, 1.54) is 12.4 Å². The van der Waals surface area contributed by atoms with Crippen LogP contribution in [0.5, 0.6) is 0 Å². The number of carbonyl (C=O) groups excluding carboxylic acids is 1. The molecule has 1 saturated carbocycles. The van der Waals surface area contributed by atoms with E-state index in [2.05, 4.69) is 20.3 Å². The number of benzene rings is 1. The third kappa shape index (κ3) is 7.66. The maximum Gasteiger partial charge on any atom is 0.416 e. The number of rotatable bonds is 11. The first-order valence-electron chi connectivity index (χ1n) is 13.3. The zero-order chi connectivity index (χ0) is 31.6. The smallest absolute Gasteiger partial charge is 0.360 e. The molecule has 1 aromatic carbocycles. The third-order valence-electron chi connectivity index (χ3n) is 6.62. The summed E-state index contributed by atoms with van der Waals surface area (Å²) in [4.78, 5) is 20.4. The molecule has 44 heavy (non-hydrogen) atoms. The molecule has 0 radical (unpaired) electrons. The molecule has 1 aliphatic rings. The number of allylic oxidation sites excluding steroid dienone is 1. The molecule has 1 aliphatic carbocycles. The average Bonchev–Trinajstić information content (AvgIpc) is 3.53. The van der Waals surface area contributed by atoms with Gasteiger partial charge in [-0.15, -0.1) is 0 Å². The van der Waals surface area contributed by atoms with Gasteiger partial charge in [0.15, 0.2) is 0 Å². The second kappa shape index (κ2) is 12.7. The summed E-state index contributed by atoms with van der Waals surface area (Å²) in [6, 6.07) is 2.38. The van der Waals surface area contributed by atoms with Crippen molar-refractivity contribution in [2.75, 3.05) is 6.26 Å². The molecule has 0 spiro atoms. The van der Waals surface area contributed by atoms with Crippen molar-refractivity contribution in [2.24, 2.45) is 0 Å². The second-order valence-electron chi connectivity index (χ2n) is 10.2. The van der Waals surface area contributed by atoms with Crippen LogP contribution in [0.3, 0.4) is 0 Å². The van der Waals surface area contributed by atoms with Crippen LogP contribution in [0.1, 0.15) is 71.2 Å². The fraction of sp³-hybridized carbons (Fsp3) is 0.321. The summed E-state index contributed by atoms with van der Waals surface area (Å²) < 4.78 is 75.8. The van der Waals surface area contributed by atoms with Crippen molar-refractivity contribution in [3.63, 3.8) is 0 Å². The van der Waals surface area contributed by atoms with Gasteiger partial charge in [0.2, 0.25) is 21.7 Å². The topological polar surface area (TPSA) is 141 Å². The number of pyridine rings is 1. The minimum Gasteiger partial charge on any atom is -0.360 e. The quantitative estimate of drug-likeness (QED) is 0.165. The van der Waals surface area contributed by atoms with Gasteiger partial charge < -0.3 is 9.05 Å². The van der Waals surface area contributed by atoms with Gasteiger partial charge in [-0.05, 0) is 50.3 Å². The Morgan fingerprint density at radius 2 is 1.82 bits per heavy atom. The van der Waals surface area contributed by atoms with E-state index < -0.39 is 33.2 Å². The van der Waals surface area contributed by atoms with Crippen LogP contribution in [-0.2, 0) is 22.6 Å². The van der Waals surface area contributed by atoms with Gasteiger partial charge in [-0.3, -0.25) is 9.78 Å². The van der Waals surface area contributed by atoms with Crippen LogP contribution < -0.4 is 4.72 Å². The number of nitrogens with zero attached hydrogens (tertiary/aromatic N) is 4. The van der Waals surface area contributed by atoms with Gasteiger partial charge in [-0.2, -0.15) is 18.2 Å². The zero-order valence-electron chi connectivity index (χ0n) is 23.0. The first-order valence-corrected chi connectivity index (χ1v) is 16.0. The average molecular weight is 670 g/mol. The van der Waals surface area contributed by atoms with E-state index in [4.69, 9.17) is 32.2 Å². The third-order valence-corrected chi connectivity index (χ3v) is 7.75. The number of carbonyl (C=O) groups is 1. The lowest BCUT2D eigenvalue weighted by molar-refractivity contribution is -0.137. The first-order chi connectivity index (χ1) is 20.8. The van der Waals surface area contributed by atoms with Gasteiger partial charge in [0.25, 0.3) is 5.91 Å². The van der Waals surface area contributed by atoms with Crippen molar-refractivity contribution in [2.45, 2.75) is 50.6 Å². The molecule has 0 saturated heterocycles. The highest BCUT2D eigenvalue weighted by Crippen LogP contribution is 2.46. The minimum absolute atomic E-state index is 0.151. The Hall–Kier alpha value is -3.75. The molecule has 4 aromatic rings. The summed E-state index contributed by atoms with van der Waals surface area (Å²) in [6.45, 7) is 0. The van der Waals surface area contributed by atoms with Gasteiger partial charge in [0.1, 0.15) is 11.5 Å². The number of nitrogens with one attached hydrogen (secondary N) is 1. The van der Waals surface area contributed by atoms with Crippen molar-refractivity contribution in [1.82, 2.24) is 25.0 Å². The van der Waals surface area contributed by atoms with E-state index in [-0.39, 0.29) is 17.3 Å². The van der Waals surface area contributed by atoms with Crippen molar-refractivity contribution in [3.8, 4) is 22.6 Å². The van der Waals surface area contributed by atoms with Crippen LogP contribution in [0.25, 0.3) is 28.7 Å². The van der Waals surface area contributed by atoms with Crippen LogP contribution in [0, 0.1) is 0 Å². The van der Waals surface area contributed by atoms with Gasteiger partial charge in [0, 0.05) is 47.0 Å². The lowest BCUT2D eigenvalue weighted by Crippen LogP contribution is -2.29. The van der Waals surface area contributed by atoms with Gasteiger partial charge in [-0.25, -0.2) is 13.1 Å². The lowest BCUT2D eigenvalue weighted by Gasteiger charge is -2.10. The molecule has 10 nitrogen and oxygen atoms in total. The van der Waals surface area contributed by atoms with Crippen molar-refractivity contribution in [3.05, 3.63) is 75.1 Å².